The van der Waals surface area contributed by atoms with Crippen molar-refractivity contribution in [3.05, 3.63) is 51.7 Å². The molecule has 2 aromatic heterocycles. The highest BCUT2D eigenvalue weighted by atomic mass is 32.1. The van der Waals surface area contributed by atoms with E-state index in [1.165, 1.54) is 23.4 Å². The topological polar surface area (TPSA) is 54.9 Å². The summed E-state index contributed by atoms with van der Waals surface area (Å²) in [5, 5.41) is 3.99. The first-order valence-corrected chi connectivity index (χ1v) is 8.41. The molecule has 0 fully saturated rings. The fourth-order valence-electron chi connectivity index (χ4n) is 2.53. The Kier molecular flexibility index (Phi) is 4.63. The summed E-state index contributed by atoms with van der Waals surface area (Å²) < 4.78 is 0. The lowest BCUT2D eigenvalue weighted by Gasteiger charge is -2.08. The Hall–Kier alpha value is -2.01. The Bertz CT molecular complexity index is 655. The number of pyridine rings is 1. The number of hydrogen-bond acceptors (Lipinski definition) is 4. The van der Waals surface area contributed by atoms with Gasteiger partial charge in [-0.25, -0.2) is 4.98 Å². The van der Waals surface area contributed by atoms with Crippen molar-refractivity contribution in [2.24, 2.45) is 0 Å². The molecule has 5 heteroatoms. The van der Waals surface area contributed by atoms with E-state index >= 15 is 0 Å². The van der Waals surface area contributed by atoms with Gasteiger partial charge in [0.25, 0.3) is 0 Å². The molecule has 1 amide bonds. The number of aryl methyl sites for hydroxylation is 2. The normalized spacial score (nSPS) is 15.5. The Morgan fingerprint density at radius 3 is 3.05 bits per heavy atom. The van der Waals surface area contributed by atoms with E-state index in [1.807, 2.05) is 19.1 Å². The van der Waals surface area contributed by atoms with E-state index in [2.05, 4.69) is 10.3 Å². The number of nitrogens with one attached hydrogen (secondary N) is 1. The van der Waals surface area contributed by atoms with E-state index in [0.29, 0.717) is 0 Å². The van der Waals surface area contributed by atoms with Gasteiger partial charge in [0, 0.05) is 23.3 Å². The molecule has 1 atom stereocenters. The third-order valence-corrected chi connectivity index (χ3v) is 5.04. The van der Waals surface area contributed by atoms with Crippen molar-refractivity contribution in [3.63, 3.8) is 0 Å². The van der Waals surface area contributed by atoms with E-state index in [-0.39, 0.29) is 11.9 Å². The fraction of sp³-hybridized carbons (Fsp3) is 0.353. The lowest BCUT2D eigenvalue weighted by atomic mass is 10.0. The number of rotatable bonds is 4. The lowest BCUT2D eigenvalue weighted by molar-refractivity contribution is -0.117. The summed E-state index contributed by atoms with van der Waals surface area (Å²) >= 11 is 1.74. The van der Waals surface area contributed by atoms with E-state index in [9.17, 15) is 4.79 Å². The monoisotopic (exact) mass is 313 g/mol. The molecule has 0 saturated heterocycles. The van der Waals surface area contributed by atoms with E-state index in [4.69, 9.17) is 4.98 Å². The highest BCUT2D eigenvalue weighted by molar-refractivity contribution is 7.11. The first-order valence-electron chi connectivity index (χ1n) is 7.59. The van der Waals surface area contributed by atoms with Gasteiger partial charge in [0.1, 0.15) is 5.01 Å². The maximum Gasteiger partial charge on any atom is 0.244 e. The molecule has 22 heavy (non-hydrogen) atoms. The Morgan fingerprint density at radius 1 is 1.41 bits per heavy atom. The van der Waals surface area contributed by atoms with Gasteiger partial charge in [0.15, 0.2) is 0 Å². The number of carbonyl (C=O) groups excluding carboxylic acids is 1. The van der Waals surface area contributed by atoms with Crippen LogP contribution in [0.5, 0.6) is 0 Å². The smallest absolute Gasteiger partial charge is 0.244 e. The second kappa shape index (κ2) is 6.83. The molecular weight excluding hydrogens is 294 g/mol. The first kappa shape index (κ1) is 14.9. The van der Waals surface area contributed by atoms with Crippen LogP contribution in [0.25, 0.3) is 6.08 Å². The average Bonchev–Trinajstić information content (AvgIpc) is 2.98. The minimum absolute atomic E-state index is 0.0540. The molecule has 2 heterocycles. The minimum Gasteiger partial charge on any atom is -0.344 e. The van der Waals surface area contributed by atoms with Gasteiger partial charge in [-0.05, 0) is 50.3 Å². The lowest BCUT2D eigenvalue weighted by Crippen LogP contribution is -2.24. The highest BCUT2D eigenvalue weighted by Gasteiger charge is 2.18. The molecule has 0 bridgehead atoms. The maximum atomic E-state index is 12.0. The average molecular weight is 313 g/mol. The van der Waals surface area contributed by atoms with Gasteiger partial charge < -0.3 is 5.32 Å². The Morgan fingerprint density at radius 2 is 2.27 bits per heavy atom. The molecule has 0 saturated carbocycles. The third-order valence-electron chi connectivity index (χ3n) is 3.70. The molecule has 1 N–H and O–H groups in total. The highest BCUT2D eigenvalue weighted by Crippen LogP contribution is 2.29. The zero-order valence-corrected chi connectivity index (χ0v) is 13.4. The molecule has 1 aliphatic carbocycles. The first-order chi connectivity index (χ1) is 10.7. The molecule has 1 aliphatic rings. The number of amides is 1. The van der Waals surface area contributed by atoms with Crippen LogP contribution in [-0.2, 0) is 17.6 Å². The molecule has 3 rings (SSSR count). The van der Waals surface area contributed by atoms with Crippen molar-refractivity contribution in [2.75, 3.05) is 0 Å². The van der Waals surface area contributed by atoms with Crippen LogP contribution >= 0.6 is 11.3 Å². The van der Waals surface area contributed by atoms with Crippen LogP contribution < -0.4 is 5.32 Å². The predicted molar refractivity (Wildman–Crippen MR) is 88.6 cm³/mol. The predicted octanol–water partition coefficient (Wildman–Crippen LogP) is 3.31. The minimum atomic E-state index is -0.107. The summed E-state index contributed by atoms with van der Waals surface area (Å²) in [7, 11) is 0. The zero-order chi connectivity index (χ0) is 15.4. The van der Waals surface area contributed by atoms with Gasteiger partial charge >= 0.3 is 0 Å². The number of hydrogen-bond donors (Lipinski definition) is 1. The van der Waals surface area contributed by atoms with Crippen molar-refractivity contribution in [1.82, 2.24) is 15.3 Å². The quantitative estimate of drug-likeness (QED) is 0.881. The van der Waals surface area contributed by atoms with Crippen LogP contribution in [0.3, 0.4) is 0 Å². The van der Waals surface area contributed by atoms with Crippen LogP contribution in [0.2, 0.25) is 0 Å². The summed E-state index contributed by atoms with van der Waals surface area (Å²) in [6.07, 6.45) is 11.4. The summed E-state index contributed by atoms with van der Waals surface area (Å²) in [6.45, 7) is 1.99. The second-order valence-corrected chi connectivity index (χ2v) is 6.59. The summed E-state index contributed by atoms with van der Waals surface area (Å²) in [4.78, 5) is 22.1. The maximum absolute atomic E-state index is 12.0. The zero-order valence-electron chi connectivity index (χ0n) is 12.6. The van der Waals surface area contributed by atoms with Crippen molar-refractivity contribution in [2.45, 2.75) is 38.6 Å². The van der Waals surface area contributed by atoms with Crippen LogP contribution in [0.1, 0.15) is 46.9 Å². The molecule has 0 aromatic carbocycles. The van der Waals surface area contributed by atoms with Gasteiger partial charge in [-0.15, -0.1) is 11.3 Å². The van der Waals surface area contributed by atoms with E-state index < -0.39 is 0 Å². The van der Waals surface area contributed by atoms with Gasteiger partial charge in [-0.1, -0.05) is 6.07 Å². The molecular formula is C17H19N3OS. The standard InChI is InChI=1S/C17H19N3OS/c1-12(17-20-14-6-2-3-7-15(14)22-17)19-16(21)9-8-13-5-4-10-18-11-13/h4-5,8-12H,2-3,6-7H2,1H3,(H,19,21)/b9-8+/t12-/m0/s1. The molecule has 0 spiro atoms. The van der Waals surface area contributed by atoms with Crippen LogP contribution in [0.15, 0.2) is 30.6 Å². The number of carbonyl (C=O) groups is 1. The molecule has 0 unspecified atom stereocenters. The largest absolute Gasteiger partial charge is 0.344 e. The van der Waals surface area contributed by atoms with Crippen molar-refractivity contribution < 1.29 is 4.79 Å². The summed E-state index contributed by atoms with van der Waals surface area (Å²) in [6, 6.07) is 3.71. The number of aromatic nitrogens is 2. The summed E-state index contributed by atoms with van der Waals surface area (Å²) in [5.74, 6) is -0.107. The third kappa shape index (κ3) is 3.60. The fourth-order valence-corrected chi connectivity index (χ4v) is 3.68. The summed E-state index contributed by atoms with van der Waals surface area (Å²) in [5.41, 5.74) is 2.15. The van der Waals surface area contributed by atoms with Crippen LogP contribution in [-0.4, -0.2) is 15.9 Å². The van der Waals surface area contributed by atoms with Gasteiger partial charge in [0.05, 0.1) is 11.7 Å². The number of thiazole rings is 1. The second-order valence-electron chi connectivity index (χ2n) is 5.48. The molecule has 2 aromatic rings. The van der Waals surface area contributed by atoms with Gasteiger partial charge in [0.2, 0.25) is 5.91 Å². The van der Waals surface area contributed by atoms with Gasteiger partial charge in [-0.2, -0.15) is 0 Å². The van der Waals surface area contributed by atoms with Crippen molar-refractivity contribution >= 4 is 23.3 Å². The number of fused-ring (bicyclic) bond motifs is 1. The molecule has 0 aliphatic heterocycles. The van der Waals surface area contributed by atoms with Crippen LogP contribution in [0.4, 0.5) is 0 Å². The number of nitrogens with zero attached hydrogens (tertiary/aromatic N) is 2. The van der Waals surface area contributed by atoms with E-state index in [0.717, 1.165) is 23.4 Å². The Labute approximate surface area is 134 Å². The SMILES string of the molecule is C[C@H](NC(=O)/C=C/c1cccnc1)c1nc2c(s1)CCCC2. The Balaban J connectivity index is 1.61. The molecule has 0 radical (unpaired) electrons. The molecule has 114 valence electrons. The van der Waals surface area contributed by atoms with Crippen molar-refractivity contribution in [3.8, 4) is 0 Å². The van der Waals surface area contributed by atoms with Crippen molar-refractivity contribution in [1.29, 1.82) is 0 Å². The molecule has 4 nitrogen and oxygen atoms in total. The van der Waals surface area contributed by atoms with E-state index in [1.54, 1.807) is 35.9 Å². The van der Waals surface area contributed by atoms with Crippen LogP contribution in [0, 0.1) is 0 Å². The van der Waals surface area contributed by atoms with Gasteiger partial charge in [-0.3, -0.25) is 9.78 Å².